The summed E-state index contributed by atoms with van der Waals surface area (Å²) in [6.45, 7) is 2.24. The van der Waals surface area contributed by atoms with Gasteiger partial charge in [-0.1, -0.05) is 0 Å². The number of pyridine rings is 1. The Kier molecular flexibility index (Phi) is 2.91. The fourth-order valence-corrected chi connectivity index (χ4v) is 2.50. The molecule has 0 saturated carbocycles. The Morgan fingerprint density at radius 1 is 1.33 bits per heavy atom. The van der Waals surface area contributed by atoms with Crippen molar-refractivity contribution in [2.24, 2.45) is 0 Å². The van der Waals surface area contributed by atoms with Crippen LogP contribution in [0.4, 0.5) is 0 Å². The number of methoxy groups -OCH3 is 1. The molecule has 0 aliphatic carbocycles. The molecule has 3 heterocycles. The Morgan fingerprint density at radius 2 is 2.11 bits per heavy atom. The maximum Gasteiger partial charge on any atom is 0.198 e. The van der Waals surface area contributed by atoms with Crippen molar-refractivity contribution in [1.82, 2.24) is 19.5 Å². The first-order chi connectivity index (χ1) is 8.78. The highest BCUT2D eigenvalue weighted by Gasteiger charge is 2.22. The van der Waals surface area contributed by atoms with Crippen molar-refractivity contribution < 1.29 is 4.74 Å². The zero-order valence-corrected chi connectivity index (χ0v) is 10.8. The van der Waals surface area contributed by atoms with Crippen LogP contribution in [0, 0.1) is 0 Å². The SMILES string of the molecule is COc1cccn2nc(C3CCN(C)CC3)nc12. The van der Waals surface area contributed by atoms with Gasteiger partial charge in [0.25, 0.3) is 0 Å². The maximum atomic E-state index is 5.31. The molecular weight excluding hydrogens is 228 g/mol. The molecule has 3 rings (SSSR count). The lowest BCUT2D eigenvalue weighted by Crippen LogP contribution is -2.29. The molecule has 2 aromatic rings. The fraction of sp³-hybridized carbons (Fsp3) is 0.538. The fourth-order valence-electron chi connectivity index (χ4n) is 2.50. The zero-order chi connectivity index (χ0) is 12.5. The number of rotatable bonds is 2. The lowest BCUT2D eigenvalue weighted by molar-refractivity contribution is 0.251. The zero-order valence-electron chi connectivity index (χ0n) is 10.8. The molecule has 1 fully saturated rings. The number of likely N-dealkylation sites (tertiary alicyclic amines) is 1. The van der Waals surface area contributed by atoms with Crippen LogP contribution >= 0.6 is 0 Å². The third-order valence-corrected chi connectivity index (χ3v) is 3.65. The van der Waals surface area contributed by atoms with E-state index in [0.29, 0.717) is 5.92 Å². The summed E-state index contributed by atoms with van der Waals surface area (Å²) in [6.07, 6.45) is 4.19. The van der Waals surface area contributed by atoms with Gasteiger partial charge in [0.2, 0.25) is 0 Å². The van der Waals surface area contributed by atoms with Crippen molar-refractivity contribution in [2.75, 3.05) is 27.2 Å². The molecule has 96 valence electrons. The average Bonchev–Trinajstić information content (AvgIpc) is 2.83. The molecule has 1 aliphatic rings. The molecule has 0 N–H and O–H groups in total. The summed E-state index contributed by atoms with van der Waals surface area (Å²) in [5.41, 5.74) is 0.814. The van der Waals surface area contributed by atoms with Crippen molar-refractivity contribution in [2.45, 2.75) is 18.8 Å². The number of fused-ring (bicyclic) bond motifs is 1. The highest BCUT2D eigenvalue weighted by atomic mass is 16.5. The Labute approximate surface area is 106 Å². The molecule has 5 heteroatoms. The summed E-state index contributed by atoms with van der Waals surface area (Å²) in [4.78, 5) is 6.99. The molecule has 0 bridgehead atoms. The van der Waals surface area contributed by atoms with Crippen molar-refractivity contribution in [3.05, 3.63) is 24.2 Å². The smallest absolute Gasteiger partial charge is 0.198 e. The van der Waals surface area contributed by atoms with Crippen LogP contribution in [0.5, 0.6) is 5.75 Å². The van der Waals surface area contributed by atoms with E-state index in [1.165, 1.54) is 0 Å². The number of nitrogens with zero attached hydrogens (tertiary/aromatic N) is 4. The number of piperidine rings is 1. The second kappa shape index (κ2) is 4.57. The van der Waals surface area contributed by atoms with E-state index in [0.717, 1.165) is 43.2 Å². The molecule has 0 aromatic carbocycles. The Morgan fingerprint density at radius 3 is 2.83 bits per heavy atom. The normalized spacial score (nSPS) is 18.3. The predicted molar refractivity (Wildman–Crippen MR) is 69.0 cm³/mol. The number of aromatic nitrogens is 3. The monoisotopic (exact) mass is 246 g/mol. The summed E-state index contributed by atoms with van der Waals surface area (Å²) >= 11 is 0. The summed E-state index contributed by atoms with van der Waals surface area (Å²) < 4.78 is 7.13. The van der Waals surface area contributed by atoms with Crippen LogP contribution in [-0.4, -0.2) is 46.7 Å². The van der Waals surface area contributed by atoms with Gasteiger partial charge in [-0.15, -0.1) is 0 Å². The van der Waals surface area contributed by atoms with Crippen molar-refractivity contribution in [3.8, 4) is 5.75 Å². The van der Waals surface area contributed by atoms with Gasteiger partial charge in [-0.3, -0.25) is 0 Å². The van der Waals surface area contributed by atoms with Crippen LogP contribution in [0.3, 0.4) is 0 Å². The number of ether oxygens (including phenoxy) is 1. The van der Waals surface area contributed by atoms with Gasteiger partial charge in [0.15, 0.2) is 17.2 Å². The standard InChI is InChI=1S/C13H18N4O/c1-16-8-5-10(6-9-16)12-14-13-11(18-2)4-3-7-17(13)15-12/h3-4,7,10H,5-6,8-9H2,1-2H3. The topological polar surface area (TPSA) is 42.7 Å². The van der Waals surface area contributed by atoms with E-state index in [1.807, 2.05) is 22.8 Å². The van der Waals surface area contributed by atoms with Crippen molar-refractivity contribution in [3.63, 3.8) is 0 Å². The van der Waals surface area contributed by atoms with Gasteiger partial charge < -0.3 is 9.64 Å². The molecule has 1 aliphatic heterocycles. The second-order valence-electron chi connectivity index (χ2n) is 4.89. The molecule has 5 nitrogen and oxygen atoms in total. The number of hydrogen-bond acceptors (Lipinski definition) is 4. The summed E-state index contributed by atoms with van der Waals surface area (Å²) in [5.74, 6) is 2.21. The van der Waals surface area contributed by atoms with Gasteiger partial charge in [-0.05, 0) is 45.1 Å². The third kappa shape index (κ3) is 1.95. The first kappa shape index (κ1) is 11.5. The second-order valence-corrected chi connectivity index (χ2v) is 4.89. The minimum absolute atomic E-state index is 0.478. The number of hydrogen-bond donors (Lipinski definition) is 0. The van der Waals surface area contributed by atoms with Gasteiger partial charge in [0.05, 0.1) is 7.11 Å². The molecule has 18 heavy (non-hydrogen) atoms. The van der Waals surface area contributed by atoms with Gasteiger partial charge in [0, 0.05) is 12.1 Å². The summed E-state index contributed by atoms with van der Waals surface area (Å²) in [7, 11) is 3.83. The largest absolute Gasteiger partial charge is 0.493 e. The van der Waals surface area contributed by atoms with E-state index in [1.54, 1.807) is 7.11 Å². The highest BCUT2D eigenvalue weighted by molar-refractivity contribution is 5.52. The first-order valence-corrected chi connectivity index (χ1v) is 6.36. The molecule has 1 saturated heterocycles. The minimum Gasteiger partial charge on any atom is -0.493 e. The molecule has 0 atom stereocenters. The van der Waals surface area contributed by atoms with E-state index in [2.05, 4.69) is 22.0 Å². The Bertz CT molecular complexity index is 543. The van der Waals surface area contributed by atoms with Crippen LogP contribution in [-0.2, 0) is 0 Å². The van der Waals surface area contributed by atoms with Crippen molar-refractivity contribution in [1.29, 1.82) is 0 Å². The third-order valence-electron chi connectivity index (χ3n) is 3.65. The van der Waals surface area contributed by atoms with Gasteiger partial charge in [0.1, 0.15) is 0 Å². The van der Waals surface area contributed by atoms with E-state index >= 15 is 0 Å². The molecule has 0 spiro atoms. The van der Waals surface area contributed by atoms with Crippen molar-refractivity contribution >= 4 is 5.65 Å². The highest BCUT2D eigenvalue weighted by Crippen LogP contribution is 2.27. The van der Waals surface area contributed by atoms with Crippen LogP contribution in [0.2, 0.25) is 0 Å². The molecule has 0 radical (unpaired) electrons. The van der Waals surface area contributed by atoms with Crippen LogP contribution in [0.15, 0.2) is 18.3 Å². The Hall–Kier alpha value is -1.62. The van der Waals surface area contributed by atoms with E-state index in [9.17, 15) is 0 Å². The molecule has 0 amide bonds. The maximum absolute atomic E-state index is 5.31. The van der Waals surface area contributed by atoms with E-state index < -0.39 is 0 Å². The van der Waals surface area contributed by atoms with Crippen LogP contribution in [0.1, 0.15) is 24.6 Å². The minimum atomic E-state index is 0.478. The summed E-state index contributed by atoms with van der Waals surface area (Å²) in [6, 6.07) is 3.85. The van der Waals surface area contributed by atoms with Crippen LogP contribution < -0.4 is 4.74 Å². The van der Waals surface area contributed by atoms with E-state index in [4.69, 9.17) is 4.74 Å². The van der Waals surface area contributed by atoms with Gasteiger partial charge in [-0.25, -0.2) is 9.50 Å². The summed E-state index contributed by atoms with van der Waals surface area (Å²) in [5, 5.41) is 4.58. The average molecular weight is 246 g/mol. The molecule has 0 unspecified atom stereocenters. The lowest BCUT2D eigenvalue weighted by Gasteiger charge is -2.26. The Balaban J connectivity index is 1.93. The molecule has 2 aromatic heterocycles. The van der Waals surface area contributed by atoms with Crippen LogP contribution in [0.25, 0.3) is 5.65 Å². The quantitative estimate of drug-likeness (QED) is 0.806. The first-order valence-electron chi connectivity index (χ1n) is 6.36. The molecular formula is C13H18N4O. The van der Waals surface area contributed by atoms with Gasteiger partial charge in [-0.2, -0.15) is 5.10 Å². The lowest BCUT2D eigenvalue weighted by atomic mass is 9.97. The van der Waals surface area contributed by atoms with E-state index in [-0.39, 0.29) is 0 Å². The predicted octanol–water partition coefficient (Wildman–Crippen LogP) is 1.55. The van der Waals surface area contributed by atoms with Gasteiger partial charge >= 0.3 is 0 Å².